The van der Waals surface area contributed by atoms with E-state index in [9.17, 15) is 19.8 Å². The molecule has 3 atom stereocenters. The zero-order chi connectivity index (χ0) is 21.2. The number of nitrogens with one attached hydrogen (secondary N) is 1. The zero-order valence-corrected chi connectivity index (χ0v) is 16.9. The van der Waals surface area contributed by atoms with Gasteiger partial charge in [-0.3, -0.25) is 14.3 Å². The average Bonchev–Trinajstić information content (AvgIpc) is 3.03. The summed E-state index contributed by atoms with van der Waals surface area (Å²) >= 11 is 0. The van der Waals surface area contributed by atoms with Gasteiger partial charge in [0, 0.05) is 12.6 Å². The second kappa shape index (κ2) is 8.62. The van der Waals surface area contributed by atoms with Gasteiger partial charge in [-0.2, -0.15) is 0 Å². The van der Waals surface area contributed by atoms with Crippen molar-refractivity contribution in [3.8, 4) is 0 Å². The number of aromatic amines is 1. The van der Waals surface area contributed by atoms with Crippen LogP contribution < -0.4 is 11.2 Å². The highest BCUT2D eigenvalue weighted by atomic mass is 16.5. The third-order valence-corrected chi connectivity index (χ3v) is 5.08. The molecule has 1 aliphatic heterocycles. The molecular weight excluding hydrogens is 376 g/mol. The molecule has 0 radical (unpaired) electrons. The first kappa shape index (κ1) is 21.4. The van der Waals surface area contributed by atoms with E-state index in [-0.39, 0.29) is 30.6 Å². The molecule has 1 aromatic carbocycles. The number of hydrogen-bond donors (Lipinski definition) is 3. The first-order valence-electron chi connectivity index (χ1n) is 9.65. The van der Waals surface area contributed by atoms with Gasteiger partial charge < -0.3 is 19.7 Å². The molecule has 1 fully saturated rings. The van der Waals surface area contributed by atoms with E-state index in [4.69, 9.17) is 9.47 Å². The van der Waals surface area contributed by atoms with Crippen LogP contribution in [0.3, 0.4) is 0 Å². The van der Waals surface area contributed by atoms with Gasteiger partial charge in [0.2, 0.25) is 0 Å². The Balaban J connectivity index is 1.74. The highest BCUT2D eigenvalue weighted by molar-refractivity contribution is 5.32. The summed E-state index contributed by atoms with van der Waals surface area (Å²) in [4.78, 5) is 26.6. The van der Waals surface area contributed by atoms with E-state index in [1.54, 1.807) is 0 Å². The summed E-state index contributed by atoms with van der Waals surface area (Å²) in [5.74, 6) is 0. The van der Waals surface area contributed by atoms with Gasteiger partial charge in [0.25, 0.3) is 5.56 Å². The largest absolute Gasteiger partial charge is 0.394 e. The Labute approximate surface area is 168 Å². The lowest BCUT2D eigenvalue weighted by atomic mass is 9.84. The molecule has 2 aromatic rings. The quantitative estimate of drug-likeness (QED) is 0.667. The van der Waals surface area contributed by atoms with Crippen LogP contribution in [0.15, 0.2) is 40.1 Å². The number of ether oxygens (including phenoxy) is 2. The number of nitrogens with zero attached hydrogens (tertiary/aromatic N) is 1. The molecule has 0 bridgehead atoms. The number of H-pyrrole nitrogens is 1. The van der Waals surface area contributed by atoms with Crippen molar-refractivity contribution < 1.29 is 19.7 Å². The van der Waals surface area contributed by atoms with E-state index in [2.05, 4.69) is 31.8 Å². The lowest BCUT2D eigenvalue weighted by Crippen LogP contribution is -2.34. The fraction of sp³-hybridized carbons (Fsp3) is 0.524. The summed E-state index contributed by atoms with van der Waals surface area (Å²) in [6, 6.07) is 7.99. The number of hydrogen-bond acceptors (Lipinski definition) is 6. The Morgan fingerprint density at radius 3 is 2.55 bits per heavy atom. The van der Waals surface area contributed by atoms with Crippen molar-refractivity contribution in [2.75, 3.05) is 6.61 Å². The first-order valence-corrected chi connectivity index (χ1v) is 9.65. The minimum absolute atomic E-state index is 0.0206. The highest BCUT2D eigenvalue weighted by Crippen LogP contribution is 2.28. The molecule has 0 unspecified atom stereocenters. The predicted octanol–water partition coefficient (Wildman–Crippen LogP) is 1.19. The van der Waals surface area contributed by atoms with Crippen LogP contribution in [0, 0.1) is 0 Å². The second-order valence-corrected chi connectivity index (χ2v) is 8.34. The Morgan fingerprint density at radius 2 is 1.90 bits per heavy atom. The number of aromatic nitrogens is 2. The van der Waals surface area contributed by atoms with Crippen molar-refractivity contribution >= 4 is 0 Å². The zero-order valence-electron chi connectivity index (χ0n) is 16.9. The molecule has 1 aliphatic rings. The molecule has 0 aliphatic carbocycles. The van der Waals surface area contributed by atoms with Crippen LogP contribution in [-0.4, -0.2) is 38.6 Å². The third-order valence-electron chi connectivity index (χ3n) is 5.08. The molecule has 1 saturated heterocycles. The maximum Gasteiger partial charge on any atom is 0.330 e. The van der Waals surface area contributed by atoms with Crippen LogP contribution in [-0.2, 0) is 28.1 Å². The fourth-order valence-corrected chi connectivity index (χ4v) is 3.54. The summed E-state index contributed by atoms with van der Waals surface area (Å²) in [6.07, 6.45) is -0.846. The van der Waals surface area contributed by atoms with E-state index in [1.165, 1.54) is 16.3 Å². The van der Waals surface area contributed by atoms with E-state index in [0.29, 0.717) is 6.61 Å². The second-order valence-electron chi connectivity index (χ2n) is 8.34. The minimum Gasteiger partial charge on any atom is -0.394 e. The minimum atomic E-state index is -0.877. The summed E-state index contributed by atoms with van der Waals surface area (Å²) < 4.78 is 12.5. The van der Waals surface area contributed by atoms with Crippen LogP contribution in [0.2, 0.25) is 0 Å². The molecule has 29 heavy (non-hydrogen) atoms. The van der Waals surface area contributed by atoms with Gasteiger partial charge in [-0.1, -0.05) is 45.0 Å². The number of benzene rings is 1. The van der Waals surface area contributed by atoms with Crippen molar-refractivity contribution in [2.45, 2.75) is 64.3 Å². The molecule has 0 amide bonds. The van der Waals surface area contributed by atoms with E-state index in [1.807, 2.05) is 18.2 Å². The van der Waals surface area contributed by atoms with E-state index >= 15 is 0 Å². The Hall–Kier alpha value is -2.26. The van der Waals surface area contributed by atoms with Crippen LogP contribution >= 0.6 is 0 Å². The summed E-state index contributed by atoms with van der Waals surface area (Å²) in [5.41, 5.74) is 1.30. The van der Waals surface area contributed by atoms with Crippen LogP contribution in [0.25, 0.3) is 0 Å². The maximum atomic E-state index is 12.2. The van der Waals surface area contributed by atoms with Gasteiger partial charge in [0.1, 0.15) is 12.3 Å². The summed E-state index contributed by atoms with van der Waals surface area (Å²) in [6.45, 7) is 6.38. The van der Waals surface area contributed by atoms with Gasteiger partial charge in [0.15, 0.2) is 0 Å². The number of aliphatic hydroxyl groups is 2. The van der Waals surface area contributed by atoms with Crippen molar-refractivity contribution in [3.63, 3.8) is 0 Å². The summed E-state index contributed by atoms with van der Waals surface area (Å²) in [5, 5.41) is 19.1. The smallest absolute Gasteiger partial charge is 0.330 e. The Morgan fingerprint density at radius 1 is 1.21 bits per heavy atom. The van der Waals surface area contributed by atoms with Crippen molar-refractivity contribution in [3.05, 3.63) is 68.0 Å². The van der Waals surface area contributed by atoms with Crippen molar-refractivity contribution in [1.82, 2.24) is 9.55 Å². The van der Waals surface area contributed by atoms with E-state index < -0.39 is 29.7 Å². The molecule has 2 heterocycles. The molecule has 0 saturated carbocycles. The Bertz CT molecular complexity index is 959. The normalized spacial score (nSPS) is 22.2. The van der Waals surface area contributed by atoms with Gasteiger partial charge in [-0.25, -0.2) is 4.79 Å². The van der Waals surface area contributed by atoms with E-state index in [0.717, 1.165) is 5.56 Å². The highest BCUT2D eigenvalue weighted by Gasteiger charge is 2.35. The van der Waals surface area contributed by atoms with Crippen LogP contribution in [0.1, 0.15) is 50.1 Å². The molecule has 158 valence electrons. The number of rotatable bonds is 6. The maximum absolute atomic E-state index is 12.2. The summed E-state index contributed by atoms with van der Waals surface area (Å²) in [7, 11) is 0. The lowest BCUT2D eigenvalue weighted by Gasteiger charge is -2.22. The molecule has 3 rings (SSSR count). The van der Waals surface area contributed by atoms with Crippen molar-refractivity contribution in [2.24, 2.45) is 0 Å². The third kappa shape index (κ3) is 4.84. The first-order chi connectivity index (χ1) is 13.7. The van der Waals surface area contributed by atoms with Crippen molar-refractivity contribution in [1.29, 1.82) is 0 Å². The topological polar surface area (TPSA) is 114 Å². The fourth-order valence-electron chi connectivity index (χ4n) is 3.54. The van der Waals surface area contributed by atoms with Gasteiger partial charge in [0.05, 0.1) is 31.5 Å². The lowest BCUT2D eigenvalue weighted by molar-refractivity contribution is -0.0461. The number of aliphatic hydroxyl groups excluding tert-OH is 2. The molecular formula is C21H28N2O6. The predicted molar refractivity (Wildman–Crippen MR) is 107 cm³/mol. The monoisotopic (exact) mass is 404 g/mol. The van der Waals surface area contributed by atoms with Crippen LogP contribution in [0.4, 0.5) is 0 Å². The molecule has 8 nitrogen and oxygen atoms in total. The Kier molecular flexibility index (Phi) is 6.38. The average molecular weight is 404 g/mol. The molecule has 1 aromatic heterocycles. The SMILES string of the molecule is CC(C)(C)c1ccccc1COCc1cn([C@H]2C[C@@H](O)[C@@H](CO)O2)c(=O)[nH]c1=O. The molecule has 8 heteroatoms. The molecule has 3 N–H and O–H groups in total. The molecule has 0 spiro atoms. The van der Waals surface area contributed by atoms with Crippen LogP contribution in [0.5, 0.6) is 0 Å². The standard InChI is InChI=1S/C21H28N2O6/c1-21(2,3)15-7-5-4-6-13(15)11-28-12-14-9-23(20(27)22-19(14)26)18-8-16(25)17(10-24)29-18/h4-7,9,16-18,24-25H,8,10-12H2,1-3H3,(H,22,26,27)/t16-,17-,18-/m1/s1. The van der Waals surface area contributed by atoms with Gasteiger partial charge >= 0.3 is 5.69 Å². The van der Waals surface area contributed by atoms with Gasteiger partial charge in [-0.05, 0) is 16.5 Å². The van der Waals surface area contributed by atoms with Gasteiger partial charge in [-0.15, -0.1) is 0 Å².